The van der Waals surface area contributed by atoms with Crippen LogP contribution in [0.4, 0.5) is 61.5 Å². The predicted octanol–water partition coefficient (Wildman–Crippen LogP) is 3.71. The second kappa shape index (κ2) is 4.79. The molecule has 148 valence electrons. The van der Waals surface area contributed by atoms with Gasteiger partial charge in [0.25, 0.3) is 0 Å². The minimum atomic E-state index is -7.80. The number of hydrogen-bond donors (Lipinski definition) is 1. The van der Waals surface area contributed by atoms with E-state index in [0.29, 0.717) is 0 Å². The SMILES string of the molecule is O=C(O)[C@@](F)(C(F)(F)F)C(F)(F)N1C(F)(F)C(F)(F)C(F)(F)C1(F)F. The number of halogens is 14. The van der Waals surface area contributed by atoms with Crippen molar-refractivity contribution < 1.29 is 71.4 Å². The maximum absolute atomic E-state index is 13.4. The topological polar surface area (TPSA) is 40.5 Å². The predicted molar refractivity (Wildman–Crippen MR) is 44.1 cm³/mol. The minimum Gasteiger partial charge on any atom is -0.478 e. The number of carboxylic acids is 1. The fraction of sp³-hybridized carbons (Fsp3) is 0.875. The van der Waals surface area contributed by atoms with Crippen LogP contribution in [0.25, 0.3) is 0 Å². The highest BCUT2D eigenvalue weighted by molar-refractivity contribution is 5.80. The van der Waals surface area contributed by atoms with Gasteiger partial charge >= 0.3 is 47.8 Å². The van der Waals surface area contributed by atoms with E-state index in [-0.39, 0.29) is 0 Å². The molecule has 0 aromatic rings. The Labute approximate surface area is 125 Å². The Kier molecular flexibility index (Phi) is 4.12. The molecule has 0 aromatic heterocycles. The van der Waals surface area contributed by atoms with Gasteiger partial charge in [-0.1, -0.05) is 0 Å². The molecule has 0 bridgehead atoms. The summed E-state index contributed by atoms with van der Waals surface area (Å²) in [5, 5.41) is 7.90. The van der Waals surface area contributed by atoms with Crippen molar-refractivity contribution >= 4 is 5.97 Å². The molecule has 0 spiro atoms. The fourth-order valence-corrected chi connectivity index (χ4v) is 1.76. The van der Waals surface area contributed by atoms with Crippen molar-refractivity contribution in [1.29, 1.82) is 0 Å². The van der Waals surface area contributed by atoms with Gasteiger partial charge in [-0.05, 0) is 0 Å². The molecule has 0 aliphatic carbocycles. The summed E-state index contributed by atoms with van der Waals surface area (Å²) in [6.45, 7) is 0. The zero-order valence-corrected chi connectivity index (χ0v) is 10.6. The lowest BCUT2D eigenvalue weighted by molar-refractivity contribution is -0.415. The van der Waals surface area contributed by atoms with Crippen LogP contribution in [-0.2, 0) is 4.79 Å². The molecule has 17 heteroatoms. The number of aliphatic carboxylic acids is 1. The molecule has 0 saturated carbocycles. The summed E-state index contributed by atoms with van der Waals surface area (Å²) in [7, 11) is 0. The number of nitrogens with zero attached hydrogens (tertiary/aromatic N) is 1. The second-order valence-electron chi connectivity index (χ2n) is 4.57. The number of carbonyl (C=O) groups is 1. The summed E-state index contributed by atoms with van der Waals surface area (Å²) in [6, 6.07) is -22.8. The second-order valence-corrected chi connectivity index (χ2v) is 4.57. The Morgan fingerprint density at radius 2 is 1.00 bits per heavy atom. The lowest BCUT2D eigenvalue weighted by atomic mass is 10.0. The monoisotopic (exact) mass is 409 g/mol. The summed E-state index contributed by atoms with van der Waals surface area (Å²) in [6.07, 6.45) is -7.46. The van der Waals surface area contributed by atoms with Gasteiger partial charge in [-0.2, -0.15) is 57.1 Å². The van der Waals surface area contributed by atoms with Crippen LogP contribution in [0.2, 0.25) is 0 Å². The van der Waals surface area contributed by atoms with E-state index < -0.39 is 52.7 Å². The maximum atomic E-state index is 13.4. The van der Waals surface area contributed by atoms with Crippen LogP contribution in [0, 0.1) is 0 Å². The third-order valence-electron chi connectivity index (χ3n) is 3.09. The summed E-state index contributed by atoms with van der Waals surface area (Å²) in [4.78, 5) is 6.07. The molecule has 1 aliphatic heterocycles. The van der Waals surface area contributed by atoms with E-state index in [1.165, 1.54) is 0 Å². The van der Waals surface area contributed by atoms with Gasteiger partial charge in [-0.3, -0.25) is 0 Å². The first-order valence-electron chi connectivity index (χ1n) is 5.24. The molecular weight excluding hydrogens is 408 g/mol. The fourth-order valence-electron chi connectivity index (χ4n) is 1.76. The number of alkyl halides is 14. The highest BCUT2D eigenvalue weighted by Crippen LogP contribution is 2.67. The van der Waals surface area contributed by atoms with Crippen LogP contribution in [-0.4, -0.2) is 57.8 Å². The van der Waals surface area contributed by atoms with E-state index in [9.17, 15) is 66.3 Å². The quantitative estimate of drug-likeness (QED) is 0.571. The van der Waals surface area contributed by atoms with Crippen molar-refractivity contribution in [2.24, 2.45) is 0 Å². The van der Waals surface area contributed by atoms with E-state index in [1.807, 2.05) is 0 Å². The van der Waals surface area contributed by atoms with E-state index in [4.69, 9.17) is 5.11 Å². The first-order chi connectivity index (χ1) is 10.6. The molecule has 1 fully saturated rings. The van der Waals surface area contributed by atoms with Crippen molar-refractivity contribution in [2.45, 2.75) is 41.8 Å². The van der Waals surface area contributed by atoms with Crippen molar-refractivity contribution in [3.8, 4) is 0 Å². The summed E-state index contributed by atoms with van der Waals surface area (Å²) >= 11 is 0. The Balaban J connectivity index is 3.86. The molecule has 1 atom stereocenters. The number of carboxylic acid groups (broad SMARTS) is 1. The van der Waals surface area contributed by atoms with Crippen LogP contribution < -0.4 is 0 Å². The Morgan fingerprint density at radius 1 is 0.720 bits per heavy atom. The molecule has 3 nitrogen and oxygen atoms in total. The maximum Gasteiger partial charge on any atom is 0.441 e. The molecule has 0 amide bonds. The van der Waals surface area contributed by atoms with E-state index in [1.54, 1.807) is 0 Å². The Hall–Kier alpha value is -1.55. The smallest absolute Gasteiger partial charge is 0.441 e. The van der Waals surface area contributed by atoms with Crippen LogP contribution in [0.5, 0.6) is 0 Å². The van der Waals surface area contributed by atoms with Crippen molar-refractivity contribution in [3.63, 3.8) is 0 Å². The lowest BCUT2D eigenvalue weighted by Crippen LogP contribution is -2.72. The first-order valence-corrected chi connectivity index (χ1v) is 5.24. The normalized spacial score (nSPS) is 27.8. The van der Waals surface area contributed by atoms with Gasteiger partial charge in [0.05, 0.1) is 0 Å². The highest BCUT2D eigenvalue weighted by Gasteiger charge is 2.99. The largest absolute Gasteiger partial charge is 0.478 e. The van der Waals surface area contributed by atoms with Crippen LogP contribution in [0.1, 0.15) is 0 Å². The number of likely N-dealkylation sites (tertiary alicyclic amines) is 1. The average molecular weight is 409 g/mol. The van der Waals surface area contributed by atoms with Gasteiger partial charge < -0.3 is 5.11 Å². The van der Waals surface area contributed by atoms with Crippen molar-refractivity contribution in [3.05, 3.63) is 0 Å². The lowest BCUT2D eigenvalue weighted by Gasteiger charge is -2.40. The van der Waals surface area contributed by atoms with E-state index >= 15 is 0 Å². The zero-order valence-electron chi connectivity index (χ0n) is 10.6. The minimum absolute atomic E-state index is 4.07. The van der Waals surface area contributed by atoms with Gasteiger partial charge in [-0.25, -0.2) is 9.18 Å². The third-order valence-corrected chi connectivity index (χ3v) is 3.09. The Bertz CT molecular complexity index is 556. The number of rotatable bonds is 3. The highest BCUT2D eigenvalue weighted by atomic mass is 19.4. The van der Waals surface area contributed by atoms with Crippen LogP contribution in [0.3, 0.4) is 0 Å². The zero-order chi connectivity index (χ0) is 20.7. The van der Waals surface area contributed by atoms with E-state index in [2.05, 4.69) is 0 Å². The Morgan fingerprint density at radius 3 is 1.20 bits per heavy atom. The molecule has 0 radical (unpaired) electrons. The third kappa shape index (κ3) is 2.06. The molecule has 25 heavy (non-hydrogen) atoms. The first kappa shape index (κ1) is 21.5. The average Bonchev–Trinajstić information content (AvgIpc) is 2.40. The molecular formula is C8HF14NO2. The summed E-state index contributed by atoms with van der Waals surface area (Å²) in [5.74, 6) is -19.3. The standard InChI is InChI=1S/C8HF14NO2/c9-2(1(24)25,5(14,15)16)6(17,18)23-7(19,20)3(10,11)4(12,13)8(23,21)22/h(H,24,25)/t2-/m1/s1. The molecule has 1 saturated heterocycles. The van der Waals surface area contributed by atoms with Crippen molar-refractivity contribution in [1.82, 2.24) is 4.90 Å². The molecule has 1 rings (SSSR count). The van der Waals surface area contributed by atoms with Gasteiger partial charge in [-0.15, -0.1) is 4.90 Å². The molecule has 1 heterocycles. The molecule has 1 aliphatic rings. The number of hydrogen-bond acceptors (Lipinski definition) is 2. The van der Waals surface area contributed by atoms with Gasteiger partial charge in [0.2, 0.25) is 0 Å². The molecule has 0 aromatic carbocycles. The molecule has 0 unspecified atom stereocenters. The van der Waals surface area contributed by atoms with Crippen LogP contribution in [0.15, 0.2) is 0 Å². The summed E-state index contributed by atoms with van der Waals surface area (Å²) < 4.78 is 180. The van der Waals surface area contributed by atoms with E-state index in [0.717, 1.165) is 0 Å². The van der Waals surface area contributed by atoms with Crippen LogP contribution >= 0.6 is 0 Å². The van der Waals surface area contributed by atoms with Gasteiger partial charge in [0, 0.05) is 0 Å². The van der Waals surface area contributed by atoms with Gasteiger partial charge in [0.15, 0.2) is 0 Å². The van der Waals surface area contributed by atoms with Gasteiger partial charge in [0.1, 0.15) is 0 Å². The summed E-state index contributed by atoms with van der Waals surface area (Å²) in [5.41, 5.74) is -7.37. The van der Waals surface area contributed by atoms with Crippen molar-refractivity contribution in [2.75, 3.05) is 0 Å². The molecule has 1 N–H and O–H groups in total.